The van der Waals surface area contributed by atoms with E-state index in [9.17, 15) is 9.59 Å². The minimum atomic E-state index is -0.659. The second-order valence-corrected chi connectivity index (χ2v) is 6.67. The molecule has 1 aromatic heterocycles. The van der Waals surface area contributed by atoms with Crippen molar-refractivity contribution in [3.8, 4) is 11.3 Å². The van der Waals surface area contributed by atoms with E-state index < -0.39 is 5.54 Å². The number of benzene rings is 1. The lowest BCUT2D eigenvalue weighted by atomic mass is 10.0. The van der Waals surface area contributed by atoms with Crippen LogP contribution in [0.25, 0.3) is 11.3 Å². The molecule has 0 spiro atoms. The van der Waals surface area contributed by atoms with E-state index >= 15 is 0 Å². The molecule has 1 N–H and O–H groups in total. The summed E-state index contributed by atoms with van der Waals surface area (Å²) in [6.07, 6.45) is 2.41. The van der Waals surface area contributed by atoms with Crippen molar-refractivity contribution in [2.75, 3.05) is 7.11 Å². The van der Waals surface area contributed by atoms with E-state index in [0.29, 0.717) is 18.1 Å². The topological polar surface area (TPSA) is 81.4 Å². The quantitative estimate of drug-likeness (QED) is 0.781. The molecule has 0 bridgehead atoms. The van der Waals surface area contributed by atoms with Gasteiger partial charge >= 0.3 is 5.97 Å². The monoisotopic (exact) mass is 344 g/mol. The molecule has 0 fully saturated rings. The van der Waals surface area contributed by atoms with Gasteiger partial charge in [-0.15, -0.1) is 0 Å². The molecule has 2 rings (SSSR count). The Kier molecular flexibility index (Phi) is 5.96. The standard InChI is InChI=1S/C19H24N2O4/c1-13-5-7-14(8-6-13)15-12-20-17(25-15)10-9-16(22)21-19(2,3)11-18(23)24-4/h5-8,12H,9-11H2,1-4H3,(H,21,22). The molecule has 0 radical (unpaired) electrons. The number of esters is 1. The fraction of sp³-hybridized carbons (Fsp3) is 0.421. The summed E-state index contributed by atoms with van der Waals surface area (Å²) < 4.78 is 10.3. The number of oxazole rings is 1. The Morgan fingerprint density at radius 1 is 1.24 bits per heavy atom. The Hall–Kier alpha value is -2.63. The molecule has 25 heavy (non-hydrogen) atoms. The number of hydrogen-bond donors (Lipinski definition) is 1. The lowest BCUT2D eigenvalue weighted by Crippen LogP contribution is -2.45. The van der Waals surface area contributed by atoms with Crippen LogP contribution in [0.15, 0.2) is 34.9 Å². The van der Waals surface area contributed by atoms with Crippen molar-refractivity contribution >= 4 is 11.9 Å². The first-order chi connectivity index (χ1) is 11.8. The van der Waals surface area contributed by atoms with Gasteiger partial charge < -0.3 is 14.5 Å². The summed E-state index contributed by atoms with van der Waals surface area (Å²) in [6.45, 7) is 5.58. The van der Waals surface area contributed by atoms with Crippen LogP contribution in [-0.2, 0) is 20.7 Å². The summed E-state index contributed by atoms with van der Waals surface area (Å²) in [4.78, 5) is 27.7. The Balaban J connectivity index is 1.88. The van der Waals surface area contributed by atoms with Crippen molar-refractivity contribution < 1.29 is 18.7 Å². The number of rotatable bonds is 7. The number of nitrogens with one attached hydrogen (secondary N) is 1. The van der Waals surface area contributed by atoms with Crippen LogP contribution < -0.4 is 5.32 Å². The maximum absolute atomic E-state index is 12.1. The molecule has 6 nitrogen and oxygen atoms in total. The Morgan fingerprint density at radius 2 is 1.92 bits per heavy atom. The van der Waals surface area contributed by atoms with Crippen LogP contribution in [0.4, 0.5) is 0 Å². The first kappa shape index (κ1) is 18.7. The summed E-state index contributed by atoms with van der Waals surface area (Å²) in [6, 6.07) is 7.96. The highest BCUT2D eigenvalue weighted by atomic mass is 16.5. The molecule has 134 valence electrons. The van der Waals surface area contributed by atoms with Crippen LogP contribution in [-0.4, -0.2) is 29.5 Å². The predicted octanol–water partition coefficient (Wildman–Crippen LogP) is 3.04. The molecule has 0 unspecified atom stereocenters. The molecule has 1 heterocycles. The van der Waals surface area contributed by atoms with Crippen molar-refractivity contribution in [1.29, 1.82) is 0 Å². The van der Waals surface area contributed by atoms with Crippen molar-refractivity contribution in [3.63, 3.8) is 0 Å². The zero-order chi connectivity index (χ0) is 18.4. The number of aromatic nitrogens is 1. The molecule has 1 aromatic carbocycles. The Labute approximate surface area is 147 Å². The van der Waals surface area contributed by atoms with Gasteiger partial charge in [0.2, 0.25) is 5.91 Å². The third kappa shape index (κ3) is 5.74. The number of nitrogens with zero attached hydrogens (tertiary/aromatic N) is 1. The van der Waals surface area contributed by atoms with Gasteiger partial charge in [0, 0.05) is 23.9 Å². The fourth-order valence-corrected chi connectivity index (χ4v) is 2.41. The lowest BCUT2D eigenvalue weighted by Gasteiger charge is -2.24. The predicted molar refractivity (Wildman–Crippen MR) is 93.9 cm³/mol. The second kappa shape index (κ2) is 7.96. The number of aryl methyl sites for hydroxylation is 2. The van der Waals surface area contributed by atoms with Gasteiger partial charge in [0.1, 0.15) is 0 Å². The van der Waals surface area contributed by atoms with Gasteiger partial charge in [-0.3, -0.25) is 9.59 Å². The number of ether oxygens (including phenoxy) is 1. The summed E-state index contributed by atoms with van der Waals surface area (Å²) in [7, 11) is 1.33. The van der Waals surface area contributed by atoms with Gasteiger partial charge in [0.25, 0.3) is 0 Å². The number of methoxy groups -OCH3 is 1. The third-order valence-corrected chi connectivity index (χ3v) is 3.75. The first-order valence-corrected chi connectivity index (χ1v) is 8.18. The van der Waals surface area contributed by atoms with Gasteiger partial charge in [-0.1, -0.05) is 29.8 Å². The molecule has 2 aromatic rings. The molecule has 6 heteroatoms. The van der Waals surface area contributed by atoms with E-state index in [2.05, 4.69) is 15.0 Å². The number of hydrogen-bond acceptors (Lipinski definition) is 5. The fourth-order valence-electron chi connectivity index (χ4n) is 2.41. The average Bonchev–Trinajstić information content (AvgIpc) is 3.01. The average molecular weight is 344 g/mol. The molecule has 0 atom stereocenters. The van der Waals surface area contributed by atoms with E-state index in [0.717, 1.165) is 5.56 Å². The Bertz CT molecular complexity index is 732. The van der Waals surface area contributed by atoms with Gasteiger partial charge in [-0.25, -0.2) is 4.98 Å². The van der Waals surface area contributed by atoms with Crippen molar-refractivity contribution in [3.05, 3.63) is 41.9 Å². The molecule has 0 aliphatic heterocycles. The van der Waals surface area contributed by atoms with Crippen molar-refractivity contribution in [2.24, 2.45) is 0 Å². The summed E-state index contributed by atoms with van der Waals surface area (Å²) >= 11 is 0. The smallest absolute Gasteiger partial charge is 0.307 e. The molecule has 0 aliphatic rings. The highest BCUT2D eigenvalue weighted by molar-refractivity contribution is 5.78. The molecule has 0 aliphatic carbocycles. The maximum atomic E-state index is 12.1. The Morgan fingerprint density at radius 3 is 2.56 bits per heavy atom. The number of carbonyl (C=O) groups excluding carboxylic acids is 2. The second-order valence-electron chi connectivity index (χ2n) is 6.67. The van der Waals surface area contributed by atoms with Crippen molar-refractivity contribution in [1.82, 2.24) is 10.3 Å². The van der Waals surface area contributed by atoms with Crippen LogP contribution in [0.2, 0.25) is 0 Å². The largest absolute Gasteiger partial charge is 0.469 e. The van der Waals surface area contributed by atoms with Crippen LogP contribution in [0.1, 0.15) is 38.1 Å². The van der Waals surface area contributed by atoms with E-state index in [1.165, 1.54) is 12.7 Å². The first-order valence-electron chi connectivity index (χ1n) is 8.18. The molecular formula is C19H24N2O4. The van der Waals surface area contributed by atoms with Gasteiger partial charge in [0.15, 0.2) is 11.7 Å². The van der Waals surface area contributed by atoms with Crippen molar-refractivity contribution in [2.45, 2.75) is 45.6 Å². The zero-order valence-corrected chi connectivity index (χ0v) is 15.1. The number of amides is 1. The van der Waals surface area contributed by atoms with E-state index in [-0.39, 0.29) is 24.7 Å². The maximum Gasteiger partial charge on any atom is 0.307 e. The summed E-state index contributed by atoms with van der Waals surface area (Å²) in [5, 5.41) is 2.83. The summed E-state index contributed by atoms with van der Waals surface area (Å²) in [5.41, 5.74) is 1.47. The molecule has 1 amide bonds. The van der Waals surface area contributed by atoms with Crippen LogP contribution in [0, 0.1) is 6.92 Å². The summed E-state index contributed by atoms with van der Waals surface area (Å²) in [5.74, 6) is 0.669. The van der Waals surface area contributed by atoms with Gasteiger partial charge in [-0.2, -0.15) is 0 Å². The molecular weight excluding hydrogens is 320 g/mol. The minimum absolute atomic E-state index is 0.117. The lowest BCUT2D eigenvalue weighted by molar-refractivity contribution is -0.142. The SMILES string of the molecule is COC(=O)CC(C)(C)NC(=O)CCc1ncc(-c2ccc(C)cc2)o1. The highest BCUT2D eigenvalue weighted by Gasteiger charge is 2.24. The number of carbonyl (C=O) groups is 2. The third-order valence-electron chi connectivity index (χ3n) is 3.75. The van der Waals surface area contributed by atoms with Crippen LogP contribution in [0.5, 0.6) is 0 Å². The zero-order valence-electron chi connectivity index (χ0n) is 15.1. The van der Waals surface area contributed by atoms with Gasteiger partial charge in [-0.05, 0) is 20.8 Å². The minimum Gasteiger partial charge on any atom is -0.469 e. The van der Waals surface area contributed by atoms with E-state index in [1.54, 1.807) is 20.0 Å². The van der Waals surface area contributed by atoms with Gasteiger partial charge in [0.05, 0.1) is 19.7 Å². The van der Waals surface area contributed by atoms with E-state index in [4.69, 9.17) is 4.42 Å². The highest BCUT2D eigenvalue weighted by Crippen LogP contribution is 2.21. The van der Waals surface area contributed by atoms with Crippen LogP contribution in [0.3, 0.4) is 0 Å². The normalized spacial score (nSPS) is 11.2. The van der Waals surface area contributed by atoms with E-state index in [1.807, 2.05) is 31.2 Å². The van der Waals surface area contributed by atoms with Crippen LogP contribution >= 0.6 is 0 Å². The molecule has 0 saturated carbocycles. The molecule has 0 saturated heterocycles.